The second-order valence-corrected chi connectivity index (χ2v) is 4.60. The van der Waals surface area contributed by atoms with E-state index in [4.69, 9.17) is 5.11 Å². The van der Waals surface area contributed by atoms with Crippen molar-refractivity contribution in [2.75, 3.05) is 18.0 Å². The molecule has 7 heteroatoms. The zero-order valence-electron chi connectivity index (χ0n) is 10.0. The van der Waals surface area contributed by atoms with Crippen molar-refractivity contribution in [1.82, 2.24) is 4.98 Å². The lowest BCUT2D eigenvalue weighted by Gasteiger charge is -2.22. The fraction of sp³-hybridized carbons (Fsp3) is 0.500. The summed E-state index contributed by atoms with van der Waals surface area (Å²) in [7, 11) is 0. The van der Waals surface area contributed by atoms with Gasteiger partial charge in [0, 0.05) is 6.54 Å². The minimum atomic E-state index is -4.52. The van der Waals surface area contributed by atoms with Crippen LogP contribution in [0.4, 0.5) is 19.0 Å². The Kier molecular flexibility index (Phi) is 3.64. The van der Waals surface area contributed by atoms with Gasteiger partial charge in [0.2, 0.25) is 0 Å². The molecule has 4 nitrogen and oxygen atoms in total. The van der Waals surface area contributed by atoms with Crippen LogP contribution in [0.2, 0.25) is 0 Å². The zero-order chi connectivity index (χ0) is 14.0. The van der Waals surface area contributed by atoms with Crippen molar-refractivity contribution in [1.29, 1.82) is 0 Å². The first-order valence-corrected chi connectivity index (χ1v) is 5.87. The average molecular weight is 274 g/mol. The van der Waals surface area contributed by atoms with Gasteiger partial charge in [0.05, 0.1) is 0 Å². The Hall–Kier alpha value is -1.79. The fourth-order valence-electron chi connectivity index (χ4n) is 1.77. The van der Waals surface area contributed by atoms with E-state index >= 15 is 0 Å². The van der Waals surface area contributed by atoms with Gasteiger partial charge in [-0.1, -0.05) is 6.07 Å². The first-order chi connectivity index (χ1) is 8.86. The predicted molar refractivity (Wildman–Crippen MR) is 61.8 cm³/mol. The van der Waals surface area contributed by atoms with Crippen LogP contribution in [0, 0.1) is 5.92 Å². The number of hydrogen-bond donors (Lipinski definition) is 1. The second-order valence-electron chi connectivity index (χ2n) is 4.60. The highest BCUT2D eigenvalue weighted by Gasteiger charge is 2.33. The van der Waals surface area contributed by atoms with E-state index < -0.39 is 17.8 Å². The van der Waals surface area contributed by atoms with Gasteiger partial charge in [-0.25, -0.2) is 4.98 Å². The van der Waals surface area contributed by atoms with Gasteiger partial charge in [0.1, 0.15) is 18.1 Å². The van der Waals surface area contributed by atoms with Crippen molar-refractivity contribution in [3.8, 4) is 0 Å². The molecule has 0 aliphatic heterocycles. The molecule has 0 radical (unpaired) electrons. The lowest BCUT2D eigenvalue weighted by atomic mass is 10.3. The highest BCUT2D eigenvalue weighted by atomic mass is 19.4. The van der Waals surface area contributed by atoms with E-state index in [0.29, 0.717) is 12.5 Å². The molecular weight excluding hydrogens is 261 g/mol. The highest BCUT2D eigenvalue weighted by molar-refractivity contribution is 5.73. The van der Waals surface area contributed by atoms with Gasteiger partial charge in [-0.15, -0.1) is 0 Å². The smallest absolute Gasteiger partial charge is 0.433 e. The summed E-state index contributed by atoms with van der Waals surface area (Å²) in [5.74, 6) is -0.667. The molecule has 0 atom stereocenters. The zero-order valence-corrected chi connectivity index (χ0v) is 10.0. The number of pyridine rings is 1. The molecular formula is C12H13F3N2O2. The maximum absolute atomic E-state index is 12.6. The van der Waals surface area contributed by atoms with Crippen LogP contribution in [-0.4, -0.2) is 29.1 Å². The van der Waals surface area contributed by atoms with Crippen LogP contribution in [0.15, 0.2) is 18.2 Å². The van der Waals surface area contributed by atoms with E-state index in [1.807, 2.05) is 0 Å². The lowest BCUT2D eigenvalue weighted by Crippen LogP contribution is -2.32. The predicted octanol–water partition coefficient (Wildman–Crippen LogP) is 2.40. The van der Waals surface area contributed by atoms with Crippen LogP contribution in [0.1, 0.15) is 18.5 Å². The minimum absolute atomic E-state index is 0.0594. The number of halogens is 3. The molecule has 1 aromatic heterocycles. The summed E-state index contributed by atoms with van der Waals surface area (Å²) in [4.78, 5) is 15.7. The summed E-state index contributed by atoms with van der Waals surface area (Å²) in [6.45, 7) is 0.0887. The molecule has 19 heavy (non-hydrogen) atoms. The molecule has 0 spiro atoms. The number of carboxylic acids is 1. The van der Waals surface area contributed by atoms with Crippen LogP contribution < -0.4 is 4.90 Å². The summed E-state index contributed by atoms with van der Waals surface area (Å²) in [6.07, 6.45) is -2.56. The largest absolute Gasteiger partial charge is 0.480 e. The Balaban J connectivity index is 2.21. The van der Waals surface area contributed by atoms with Gasteiger partial charge >= 0.3 is 12.1 Å². The molecule has 0 aromatic carbocycles. The van der Waals surface area contributed by atoms with Crippen molar-refractivity contribution >= 4 is 11.8 Å². The number of carboxylic acid groups (broad SMARTS) is 1. The molecule has 1 N–H and O–H groups in total. The van der Waals surface area contributed by atoms with Crippen LogP contribution in [-0.2, 0) is 11.0 Å². The van der Waals surface area contributed by atoms with Crippen LogP contribution in [0.3, 0.4) is 0 Å². The number of alkyl halides is 3. The van der Waals surface area contributed by atoms with Gasteiger partial charge in [0.25, 0.3) is 0 Å². The number of carbonyl (C=O) groups is 1. The summed E-state index contributed by atoms with van der Waals surface area (Å²) in [5.41, 5.74) is -1.00. The second kappa shape index (κ2) is 5.07. The molecule has 104 valence electrons. The Bertz CT molecular complexity index is 472. The molecule has 0 unspecified atom stereocenters. The SMILES string of the molecule is O=C(O)CN(CC1CC1)c1cccc(C(F)(F)F)n1. The summed E-state index contributed by atoms with van der Waals surface area (Å²) in [6, 6.07) is 3.52. The highest BCUT2D eigenvalue weighted by Crippen LogP contribution is 2.32. The first kappa shape index (κ1) is 13.6. The molecule has 1 heterocycles. The molecule has 1 aliphatic rings. The molecule has 0 saturated heterocycles. The molecule has 1 aliphatic carbocycles. The van der Waals surface area contributed by atoms with E-state index in [0.717, 1.165) is 18.9 Å². The third kappa shape index (κ3) is 3.84. The van der Waals surface area contributed by atoms with E-state index in [1.54, 1.807) is 0 Å². The average Bonchev–Trinajstić information content (AvgIpc) is 3.10. The number of rotatable bonds is 5. The fourth-order valence-corrected chi connectivity index (χ4v) is 1.77. The third-order valence-electron chi connectivity index (χ3n) is 2.85. The molecule has 0 amide bonds. The molecule has 0 bridgehead atoms. The molecule has 1 fully saturated rings. The number of nitrogens with zero attached hydrogens (tertiary/aromatic N) is 2. The topological polar surface area (TPSA) is 53.4 Å². The van der Waals surface area contributed by atoms with Gasteiger partial charge < -0.3 is 10.0 Å². The Morgan fingerprint density at radius 2 is 2.11 bits per heavy atom. The summed E-state index contributed by atoms with van der Waals surface area (Å²) in [5, 5.41) is 8.82. The standard InChI is InChI=1S/C12H13F3N2O2/c13-12(14,15)9-2-1-3-10(16-9)17(7-11(18)19)6-8-4-5-8/h1-3,8H,4-7H2,(H,18,19). The Morgan fingerprint density at radius 3 is 2.63 bits per heavy atom. The summed E-state index contributed by atoms with van der Waals surface area (Å²) < 4.78 is 37.7. The van der Waals surface area contributed by atoms with E-state index in [2.05, 4.69) is 4.98 Å². The first-order valence-electron chi connectivity index (χ1n) is 5.87. The normalized spacial score (nSPS) is 15.3. The van der Waals surface area contributed by atoms with Gasteiger partial charge in [0.15, 0.2) is 0 Å². The molecule has 1 saturated carbocycles. The number of aromatic nitrogens is 1. The maximum atomic E-state index is 12.6. The molecule has 1 aromatic rings. The quantitative estimate of drug-likeness (QED) is 0.895. The van der Waals surface area contributed by atoms with Crippen LogP contribution in [0.5, 0.6) is 0 Å². The molecule has 2 rings (SSSR count). The van der Waals surface area contributed by atoms with Crippen molar-refractivity contribution in [3.05, 3.63) is 23.9 Å². The van der Waals surface area contributed by atoms with Gasteiger partial charge in [-0.3, -0.25) is 4.79 Å². The third-order valence-corrected chi connectivity index (χ3v) is 2.85. The van der Waals surface area contributed by atoms with E-state index in [1.165, 1.54) is 17.0 Å². The minimum Gasteiger partial charge on any atom is -0.480 e. The van der Waals surface area contributed by atoms with Crippen LogP contribution >= 0.6 is 0 Å². The Labute approximate surface area is 107 Å². The van der Waals surface area contributed by atoms with Crippen molar-refractivity contribution in [3.63, 3.8) is 0 Å². The monoisotopic (exact) mass is 274 g/mol. The van der Waals surface area contributed by atoms with E-state index in [-0.39, 0.29) is 12.4 Å². The van der Waals surface area contributed by atoms with Gasteiger partial charge in [-0.05, 0) is 30.9 Å². The Morgan fingerprint density at radius 1 is 1.42 bits per heavy atom. The number of aliphatic carboxylic acids is 1. The number of hydrogen-bond acceptors (Lipinski definition) is 3. The van der Waals surface area contributed by atoms with Crippen molar-refractivity contribution in [2.24, 2.45) is 5.92 Å². The van der Waals surface area contributed by atoms with Crippen molar-refractivity contribution < 1.29 is 23.1 Å². The maximum Gasteiger partial charge on any atom is 0.433 e. The van der Waals surface area contributed by atoms with Gasteiger partial charge in [-0.2, -0.15) is 13.2 Å². The number of anilines is 1. The van der Waals surface area contributed by atoms with Crippen molar-refractivity contribution in [2.45, 2.75) is 19.0 Å². The summed E-state index contributed by atoms with van der Waals surface area (Å²) >= 11 is 0. The lowest BCUT2D eigenvalue weighted by molar-refractivity contribution is -0.141. The van der Waals surface area contributed by atoms with E-state index in [9.17, 15) is 18.0 Å². The van der Waals surface area contributed by atoms with Crippen LogP contribution in [0.25, 0.3) is 0 Å².